The molecule has 0 aliphatic carbocycles. The molecule has 0 bridgehead atoms. The first-order valence-electron chi connectivity index (χ1n) is 9.80. The molecular weight excluding hydrogens is 398 g/mol. The lowest BCUT2D eigenvalue weighted by Crippen LogP contribution is -2.20. The molecule has 0 atom stereocenters. The molecule has 0 saturated carbocycles. The maximum Gasteiger partial charge on any atom is 0.311 e. The van der Waals surface area contributed by atoms with Gasteiger partial charge < -0.3 is 14.2 Å². The molecule has 0 radical (unpaired) electrons. The SMILES string of the molecule is CCOc1ccc(N=C(C)c2c(CC(=O)OC)[nH]n(-c3ccc(OC)cc3)c2=O)cc1. The van der Waals surface area contributed by atoms with Crippen molar-refractivity contribution in [1.29, 1.82) is 0 Å². The van der Waals surface area contributed by atoms with E-state index in [9.17, 15) is 9.59 Å². The standard InChI is InChI=1S/C23H25N3O5/c1-5-31-19-10-6-16(7-11-19)24-15(2)22-20(14-21(27)30-4)25-26(23(22)28)17-8-12-18(29-3)13-9-17/h6-13,25H,5,14H2,1-4H3. The number of methoxy groups -OCH3 is 2. The first kappa shape index (κ1) is 21.9. The molecule has 0 spiro atoms. The van der Waals surface area contributed by atoms with Gasteiger partial charge in [-0.25, -0.2) is 4.68 Å². The lowest BCUT2D eigenvalue weighted by Gasteiger charge is -2.04. The van der Waals surface area contributed by atoms with Gasteiger partial charge in [-0.2, -0.15) is 0 Å². The zero-order valence-electron chi connectivity index (χ0n) is 18.0. The first-order valence-corrected chi connectivity index (χ1v) is 9.80. The summed E-state index contributed by atoms with van der Waals surface area (Å²) in [5.41, 5.74) is 2.21. The van der Waals surface area contributed by atoms with E-state index in [2.05, 4.69) is 10.1 Å². The van der Waals surface area contributed by atoms with Crippen molar-refractivity contribution in [1.82, 2.24) is 9.78 Å². The van der Waals surface area contributed by atoms with E-state index in [-0.39, 0.29) is 12.0 Å². The van der Waals surface area contributed by atoms with Crippen LogP contribution < -0.4 is 15.0 Å². The summed E-state index contributed by atoms with van der Waals surface area (Å²) < 4.78 is 16.8. The minimum Gasteiger partial charge on any atom is -0.497 e. The van der Waals surface area contributed by atoms with Crippen LogP contribution in [-0.2, 0) is 16.0 Å². The van der Waals surface area contributed by atoms with Crippen molar-refractivity contribution in [2.45, 2.75) is 20.3 Å². The minimum absolute atomic E-state index is 0.0830. The number of hydrogen-bond acceptors (Lipinski definition) is 6. The van der Waals surface area contributed by atoms with Crippen LogP contribution in [0.25, 0.3) is 5.69 Å². The normalized spacial score (nSPS) is 11.3. The summed E-state index contributed by atoms with van der Waals surface area (Å²) in [7, 11) is 2.88. The summed E-state index contributed by atoms with van der Waals surface area (Å²) >= 11 is 0. The van der Waals surface area contributed by atoms with E-state index in [1.807, 2.05) is 31.2 Å². The van der Waals surface area contributed by atoms with Crippen LogP contribution in [0, 0.1) is 0 Å². The minimum atomic E-state index is -0.460. The molecule has 0 unspecified atom stereocenters. The molecule has 1 heterocycles. The van der Waals surface area contributed by atoms with Gasteiger partial charge in [0.1, 0.15) is 11.5 Å². The Hall–Kier alpha value is -3.81. The Morgan fingerprint density at radius 3 is 2.26 bits per heavy atom. The molecule has 0 aliphatic heterocycles. The first-order chi connectivity index (χ1) is 15.0. The molecule has 0 aliphatic rings. The topological polar surface area (TPSA) is 94.9 Å². The Labute approximate surface area is 180 Å². The van der Waals surface area contributed by atoms with Crippen molar-refractivity contribution in [2.75, 3.05) is 20.8 Å². The number of aliphatic imine (C=N–C) groups is 1. The molecule has 8 heteroatoms. The Kier molecular flexibility index (Phi) is 6.92. The van der Waals surface area contributed by atoms with Crippen LogP contribution in [0.2, 0.25) is 0 Å². The maximum atomic E-state index is 13.2. The molecular formula is C23H25N3O5. The van der Waals surface area contributed by atoms with Gasteiger partial charge in [-0.05, 0) is 62.4 Å². The lowest BCUT2D eigenvalue weighted by atomic mass is 10.1. The highest BCUT2D eigenvalue weighted by atomic mass is 16.5. The van der Waals surface area contributed by atoms with Gasteiger partial charge >= 0.3 is 5.97 Å². The Morgan fingerprint density at radius 1 is 1.03 bits per heavy atom. The van der Waals surface area contributed by atoms with Gasteiger partial charge in [-0.15, -0.1) is 0 Å². The molecule has 1 N–H and O–H groups in total. The van der Waals surface area contributed by atoms with Crippen LogP contribution in [0.15, 0.2) is 58.3 Å². The van der Waals surface area contributed by atoms with Crippen molar-refractivity contribution < 1.29 is 19.0 Å². The number of aromatic nitrogens is 2. The number of esters is 1. The van der Waals surface area contributed by atoms with Crippen molar-refractivity contribution in [3.63, 3.8) is 0 Å². The van der Waals surface area contributed by atoms with Crippen LogP contribution in [0.1, 0.15) is 25.1 Å². The van der Waals surface area contributed by atoms with E-state index in [1.165, 1.54) is 11.8 Å². The number of benzene rings is 2. The number of hydrogen-bond donors (Lipinski definition) is 1. The summed E-state index contributed by atoms with van der Waals surface area (Å²) in [6.45, 7) is 4.23. The summed E-state index contributed by atoms with van der Waals surface area (Å²) in [6, 6.07) is 14.3. The highest BCUT2D eigenvalue weighted by Crippen LogP contribution is 2.20. The molecule has 31 heavy (non-hydrogen) atoms. The third-order valence-corrected chi connectivity index (χ3v) is 4.65. The Morgan fingerprint density at radius 2 is 1.68 bits per heavy atom. The van der Waals surface area contributed by atoms with E-state index in [4.69, 9.17) is 14.2 Å². The van der Waals surface area contributed by atoms with Gasteiger partial charge in [0.2, 0.25) is 0 Å². The number of rotatable bonds is 8. The van der Waals surface area contributed by atoms with Gasteiger partial charge in [0.25, 0.3) is 5.56 Å². The summed E-state index contributed by atoms with van der Waals surface area (Å²) in [5, 5.41) is 3.02. The van der Waals surface area contributed by atoms with Crippen LogP contribution in [0.5, 0.6) is 11.5 Å². The summed E-state index contributed by atoms with van der Waals surface area (Å²) in [6.07, 6.45) is -0.0830. The highest BCUT2D eigenvalue weighted by molar-refractivity contribution is 6.01. The monoisotopic (exact) mass is 423 g/mol. The Bertz CT molecular complexity index is 1130. The second-order valence-electron chi connectivity index (χ2n) is 6.68. The molecule has 0 saturated heterocycles. The van der Waals surface area contributed by atoms with Gasteiger partial charge in [0, 0.05) is 0 Å². The quantitative estimate of drug-likeness (QED) is 0.442. The molecule has 3 rings (SSSR count). The van der Waals surface area contributed by atoms with Crippen LogP contribution >= 0.6 is 0 Å². The highest BCUT2D eigenvalue weighted by Gasteiger charge is 2.20. The van der Waals surface area contributed by atoms with Gasteiger partial charge in [0.15, 0.2) is 0 Å². The number of ether oxygens (including phenoxy) is 3. The molecule has 8 nitrogen and oxygen atoms in total. The average Bonchev–Trinajstić information content (AvgIpc) is 3.10. The fourth-order valence-electron chi connectivity index (χ4n) is 3.15. The van der Waals surface area contributed by atoms with E-state index in [1.54, 1.807) is 38.3 Å². The Balaban J connectivity index is 2.04. The third-order valence-electron chi connectivity index (χ3n) is 4.65. The third kappa shape index (κ3) is 5.03. The van der Waals surface area contributed by atoms with E-state index in [0.29, 0.717) is 40.7 Å². The molecule has 2 aromatic carbocycles. The zero-order chi connectivity index (χ0) is 22.4. The number of nitrogens with zero attached hydrogens (tertiary/aromatic N) is 2. The van der Waals surface area contributed by atoms with Gasteiger partial charge in [0.05, 0.1) is 55.6 Å². The summed E-state index contributed by atoms with van der Waals surface area (Å²) in [4.78, 5) is 29.7. The maximum absolute atomic E-state index is 13.2. The molecule has 0 amide bonds. The van der Waals surface area contributed by atoms with Crippen LogP contribution in [0.4, 0.5) is 5.69 Å². The van der Waals surface area contributed by atoms with Crippen molar-refractivity contribution in [3.8, 4) is 17.2 Å². The second-order valence-corrected chi connectivity index (χ2v) is 6.68. The second kappa shape index (κ2) is 9.80. The number of aromatic amines is 1. The van der Waals surface area contributed by atoms with Crippen molar-refractivity contribution >= 4 is 17.4 Å². The smallest absolute Gasteiger partial charge is 0.311 e. The number of carbonyl (C=O) groups excluding carboxylic acids is 1. The van der Waals surface area contributed by atoms with E-state index < -0.39 is 5.97 Å². The fourth-order valence-corrected chi connectivity index (χ4v) is 3.15. The largest absolute Gasteiger partial charge is 0.497 e. The number of nitrogens with one attached hydrogen (secondary N) is 1. The van der Waals surface area contributed by atoms with Crippen LogP contribution in [-0.4, -0.2) is 42.3 Å². The number of carbonyl (C=O) groups is 1. The molecule has 3 aromatic rings. The van der Waals surface area contributed by atoms with Gasteiger partial charge in [-0.3, -0.25) is 19.7 Å². The average molecular weight is 423 g/mol. The summed E-state index contributed by atoms with van der Waals surface area (Å²) in [5.74, 6) is 0.957. The predicted molar refractivity (Wildman–Crippen MR) is 118 cm³/mol. The van der Waals surface area contributed by atoms with Crippen LogP contribution in [0.3, 0.4) is 0 Å². The molecule has 0 fully saturated rings. The van der Waals surface area contributed by atoms with E-state index >= 15 is 0 Å². The van der Waals surface area contributed by atoms with Crippen molar-refractivity contribution in [3.05, 3.63) is 70.1 Å². The molecule has 162 valence electrons. The van der Waals surface area contributed by atoms with Gasteiger partial charge in [-0.1, -0.05) is 0 Å². The lowest BCUT2D eigenvalue weighted by molar-refractivity contribution is -0.139. The van der Waals surface area contributed by atoms with Crippen molar-refractivity contribution in [2.24, 2.45) is 4.99 Å². The van der Waals surface area contributed by atoms with E-state index in [0.717, 1.165) is 5.75 Å². The predicted octanol–water partition coefficient (Wildman–Crippen LogP) is 3.43. The zero-order valence-corrected chi connectivity index (χ0v) is 18.0. The fraction of sp³-hybridized carbons (Fsp3) is 0.261. The number of H-pyrrole nitrogens is 1. The molecule has 1 aromatic heterocycles.